The van der Waals surface area contributed by atoms with Crippen LogP contribution in [0.2, 0.25) is 0 Å². The Hall–Kier alpha value is -1.57. The fraction of sp³-hybridized carbons (Fsp3) is 0.357. The van der Waals surface area contributed by atoms with Crippen LogP contribution in [0, 0.1) is 0 Å². The zero-order valence-electron chi connectivity index (χ0n) is 9.53. The van der Waals surface area contributed by atoms with Gasteiger partial charge in [0, 0.05) is 13.3 Å². The zero-order valence-corrected chi connectivity index (χ0v) is 9.53. The van der Waals surface area contributed by atoms with Gasteiger partial charge >= 0.3 is 5.97 Å². The van der Waals surface area contributed by atoms with E-state index < -0.39 is 0 Å². The second-order valence-corrected chi connectivity index (χ2v) is 4.07. The Bertz CT molecular complexity index is 404. The highest BCUT2D eigenvalue weighted by Gasteiger charge is 2.16. The summed E-state index contributed by atoms with van der Waals surface area (Å²) in [6.45, 7) is 1.46. The van der Waals surface area contributed by atoms with Crippen molar-refractivity contribution in [2.75, 3.05) is 0 Å². The molecule has 0 radical (unpaired) electrons. The molecule has 0 spiro atoms. The molecule has 0 aromatic heterocycles. The number of carbonyl (C=O) groups excluding carboxylic acids is 1. The molecule has 0 saturated carbocycles. The van der Waals surface area contributed by atoms with E-state index in [1.54, 1.807) is 0 Å². The van der Waals surface area contributed by atoms with Crippen molar-refractivity contribution >= 4 is 11.5 Å². The average Bonchev–Trinajstić information content (AvgIpc) is 2.30. The minimum atomic E-state index is -0.217. The number of rotatable bonds is 2. The lowest BCUT2D eigenvalue weighted by Gasteiger charge is -2.19. The molecule has 2 rings (SSSR count). The van der Waals surface area contributed by atoms with Crippen LogP contribution in [0.25, 0.3) is 5.57 Å². The number of allylic oxidation sites excluding steroid dienone is 2. The molecule has 0 fully saturated rings. The first-order valence-electron chi connectivity index (χ1n) is 5.73. The van der Waals surface area contributed by atoms with Crippen molar-refractivity contribution < 1.29 is 9.53 Å². The minimum Gasteiger partial charge on any atom is -0.431 e. The lowest BCUT2D eigenvalue weighted by molar-refractivity contribution is -0.137. The maximum absolute atomic E-state index is 11.0. The summed E-state index contributed by atoms with van der Waals surface area (Å²) in [6.07, 6.45) is 4.17. The Kier molecular flexibility index (Phi) is 3.40. The normalized spacial score (nSPS) is 16.1. The number of hydrogen-bond acceptors (Lipinski definition) is 2. The van der Waals surface area contributed by atoms with Gasteiger partial charge in [-0.1, -0.05) is 30.3 Å². The van der Waals surface area contributed by atoms with Crippen LogP contribution in [0.4, 0.5) is 0 Å². The van der Waals surface area contributed by atoms with Crippen LogP contribution >= 0.6 is 0 Å². The molecular weight excluding hydrogens is 200 g/mol. The number of benzene rings is 1. The van der Waals surface area contributed by atoms with Crippen molar-refractivity contribution in [1.82, 2.24) is 0 Å². The molecule has 2 nitrogen and oxygen atoms in total. The van der Waals surface area contributed by atoms with Gasteiger partial charge in [0.2, 0.25) is 0 Å². The van der Waals surface area contributed by atoms with E-state index >= 15 is 0 Å². The van der Waals surface area contributed by atoms with Gasteiger partial charge in [0.1, 0.15) is 5.76 Å². The van der Waals surface area contributed by atoms with Crippen LogP contribution < -0.4 is 0 Å². The standard InChI is InChI=1S/C14H16O2/c1-11(15)16-14-10-6-5-9-13(14)12-7-3-2-4-8-12/h2-4,7-8H,5-6,9-10H2,1H3. The molecule has 2 heteroatoms. The second-order valence-electron chi connectivity index (χ2n) is 4.07. The zero-order chi connectivity index (χ0) is 11.4. The van der Waals surface area contributed by atoms with Crippen molar-refractivity contribution in [3.63, 3.8) is 0 Å². The molecule has 1 aliphatic rings. The fourth-order valence-corrected chi connectivity index (χ4v) is 2.11. The largest absolute Gasteiger partial charge is 0.431 e. The van der Waals surface area contributed by atoms with Crippen molar-refractivity contribution in [3.05, 3.63) is 41.7 Å². The summed E-state index contributed by atoms with van der Waals surface area (Å²) in [5, 5.41) is 0. The molecule has 1 aromatic carbocycles. The lowest BCUT2D eigenvalue weighted by Crippen LogP contribution is -2.06. The van der Waals surface area contributed by atoms with Gasteiger partial charge in [-0.05, 0) is 30.4 Å². The van der Waals surface area contributed by atoms with Crippen molar-refractivity contribution in [3.8, 4) is 0 Å². The van der Waals surface area contributed by atoms with Gasteiger partial charge < -0.3 is 4.74 Å². The van der Waals surface area contributed by atoms with Crippen molar-refractivity contribution in [2.45, 2.75) is 32.6 Å². The van der Waals surface area contributed by atoms with E-state index in [1.807, 2.05) is 18.2 Å². The molecule has 16 heavy (non-hydrogen) atoms. The molecule has 0 saturated heterocycles. The Balaban J connectivity index is 2.33. The maximum Gasteiger partial charge on any atom is 0.307 e. The number of hydrogen-bond donors (Lipinski definition) is 0. The van der Waals surface area contributed by atoms with Gasteiger partial charge in [-0.3, -0.25) is 4.79 Å². The highest BCUT2D eigenvalue weighted by atomic mass is 16.5. The number of ether oxygens (including phenoxy) is 1. The van der Waals surface area contributed by atoms with Gasteiger partial charge in [-0.25, -0.2) is 0 Å². The molecule has 0 bridgehead atoms. The Morgan fingerprint density at radius 2 is 1.81 bits per heavy atom. The van der Waals surface area contributed by atoms with Gasteiger partial charge in [-0.2, -0.15) is 0 Å². The van der Waals surface area contributed by atoms with Gasteiger partial charge in [0.05, 0.1) is 0 Å². The minimum absolute atomic E-state index is 0.217. The summed E-state index contributed by atoms with van der Waals surface area (Å²) >= 11 is 0. The van der Waals surface area contributed by atoms with Crippen LogP contribution in [-0.2, 0) is 9.53 Å². The van der Waals surface area contributed by atoms with E-state index in [0.29, 0.717) is 0 Å². The predicted octanol–water partition coefficient (Wildman–Crippen LogP) is 3.53. The van der Waals surface area contributed by atoms with E-state index in [-0.39, 0.29) is 5.97 Å². The van der Waals surface area contributed by atoms with Gasteiger partial charge in [0.15, 0.2) is 0 Å². The van der Waals surface area contributed by atoms with Gasteiger partial charge in [-0.15, -0.1) is 0 Å². The summed E-state index contributed by atoms with van der Waals surface area (Å²) in [4.78, 5) is 11.0. The van der Waals surface area contributed by atoms with E-state index in [2.05, 4.69) is 12.1 Å². The highest BCUT2D eigenvalue weighted by molar-refractivity contribution is 5.73. The summed E-state index contributed by atoms with van der Waals surface area (Å²) in [5.41, 5.74) is 2.38. The molecule has 0 aliphatic heterocycles. The topological polar surface area (TPSA) is 26.3 Å². The SMILES string of the molecule is CC(=O)OC1=C(c2ccccc2)CCCC1. The molecule has 84 valence electrons. The lowest BCUT2D eigenvalue weighted by atomic mass is 9.92. The molecular formula is C14H16O2. The van der Waals surface area contributed by atoms with Crippen LogP contribution in [0.3, 0.4) is 0 Å². The first-order valence-corrected chi connectivity index (χ1v) is 5.73. The summed E-state index contributed by atoms with van der Waals surface area (Å²) in [7, 11) is 0. The maximum atomic E-state index is 11.0. The highest BCUT2D eigenvalue weighted by Crippen LogP contribution is 2.32. The van der Waals surface area contributed by atoms with Gasteiger partial charge in [0.25, 0.3) is 0 Å². The molecule has 0 atom stereocenters. The number of esters is 1. The molecule has 0 amide bonds. The van der Waals surface area contributed by atoms with Crippen LogP contribution in [0.1, 0.15) is 38.2 Å². The molecule has 1 aliphatic carbocycles. The van der Waals surface area contributed by atoms with Crippen LogP contribution in [-0.4, -0.2) is 5.97 Å². The quantitative estimate of drug-likeness (QED) is 0.707. The Labute approximate surface area is 95.9 Å². The summed E-state index contributed by atoms with van der Waals surface area (Å²) in [6, 6.07) is 10.2. The monoisotopic (exact) mass is 216 g/mol. The summed E-state index contributed by atoms with van der Waals surface area (Å²) < 4.78 is 5.30. The second kappa shape index (κ2) is 4.97. The third-order valence-corrected chi connectivity index (χ3v) is 2.81. The molecule has 0 N–H and O–H groups in total. The average molecular weight is 216 g/mol. The number of carbonyl (C=O) groups is 1. The van der Waals surface area contributed by atoms with E-state index in [4.69, 9.17) is 4.74 Å². The fourth-order valence-electron chi connectivity index (χ4n) is 2.11. The first kappa shape index (κ1) is 10.9. The van der Waals surface area contributed by atoms with E-state index in [1.165, 1.54) is 24.5 Å². The third kappa shape index (κ3) is 2.51. The van der Waals surface area contributed by atoms with E-state index in [9.17, 15) is 4.79 Å². The van der Waals surface area contributed by atoms with E-state index in [0.717, 1.165) is 25.0 Å². The van der Waals surface area contributed by atoms with Crippen LogP contribution in [0.15, 0.2) is 36.1 Å². The summed E-state index contributed by atoms with van der Waals surface area (Å²) in [5.74, 6) is 0.648. The molecule has 0 heterocycles. The third-order valence-electron chi connectivity index (χ3n) is 2.81. The van der Waals surface area contributed by atoms with Crippen LogP contribution in [0.5, 0.6) is 0 Å². The Morgan fingerprint density at radius 1 is 1.12 bits per heavy atom. The van der Waals surface area contributed by atoms with Crippen molar-refractivity contribution in [1.29, 1.82) is 0 Å². The van der Waals surface area contributed by atoms with Crippen molar-refractivity contribution in [2.24, 2.45) is 0 Å². The Morgan fingerprint density at radius 3 is 2.50 bits per heavy atom. The smallest absolute Gasteiger partial charge is 0.307 e. The first-order chi connectivity index (χ1) is 7.77. The predicted molar refractivity (Wildman–Crippen MR) is 63.6 cm³/mol. The molecule has 0 unspecified atom stereocenters. The molecule has 1 aromatic rings.